The smallest absolute Gasteiger partial charge is 0.341 e. The zero-order valence-corrected chi connectivity index (χ0v) is 15.0. The number of anilines is 1. The Morgan fingerprint density at radius 1 is 1.36 bits per heavy atom. The van der Waals surface area contributed by atoms with E-state index in [-0.39, 0.29) is 24.4 Å². The minimum atomic E-state index is -0.461. The SMILES string of the molecule is CCOC(=O)c1cnc(NC(=S)NC(C)c2ccc(F)cc2)nc1C. The number of rotatable bonds is 5. The molecule has 0 aliphatic carbocycles. The summed E-state index contributed by atoms with van der Waals surface area (Å²) in [5.41, 5.74) is 1.69. The Balaban J connectivity index is 1.99. The van der Waals surface area contributed by atoms with Crippen LogP contribution in [0.5, 0.6) is 0 Å². The Morgan fingerprint density at radius 2 is 2.04 bits per heavy atom. The molecular formula is C17H19FN4O2S. The highest BCUT2D eigenvalue weighted by Gasteiger charge is 2.14. The molecule has 1 heterocycles. The third-order valence-corrected chi connectivity index (χ3v) is 3.64. The average Bonchev–Trinajstić information content (AvgIpc) is 2.55. The Kier molecular flexibility index (Phi) is 6.35. The number of hydrogen-bond donors (Lipinski definition) is 2. The third-order valence-electron chi connectivity index (χ3n) is 3.42. The van der Waals surface area contributed by atoms with Gasteiger partial charge in [-0.1, -0.05) is 12.1 Å². The first kappa shape index (κ1) is 18.7. The van der Waals surface area contributed by atoms with Gasteiger partial charge in [0.1, 0.15) is 5.82 Å². The number of aromatic nitrogens is 2. The van der Waals surface area contributed by atoms with Crippen molar-refractivity contribution in [3.05, 3.63) is 53.1 Å². The van der Waals surface area contributed by atoms with Crippen LogP contribution in [0.1, 0.15) is 41.5 Å². The van der Waals surface area contributed by atoms with Crippen LogP contribution in [0, 0.1) is 12.7 Å². The zero-order valence-electron chi connectivity index (χ0n) is 14.2. The molecule has 1 aromatic heterocycles. The molecular weight excluding hydrogens is 343 g/mol. The van der Waals surface area contributed by atoms with Gasteiger partial charge in [0.25, 0.3) is 0 Å². The van der Waals surface area contributed by atoms with Gasteiger partial charge in [-0.2, -0.15) is 0 Å². The summed E-state index contributed by atoms with van der Waals surface area (Å²) >= 11 is 5.24. The number of thiocarbonyl (C=S) groups is 1. The number of nitrogens with one attached hydrogen (secondary N) is 2. The second-order valence-corrected chi connectivity index (χ2v) is 5.69. The van der Waals surface area contributed by atoms with Gasteiger partial charge < -0.3 is 15.4 Å². The van der Waals surface area contributed by atoms with E-state index in [4.69, 9.17) is 17.0 Å². The number of carbonyl (C=O) groups excluding carboxylic acids is 1. The van der Waals surface area contributed by atoms with Crippen molar-refractivity contribution < 1.29 is 13.9 Å². The standard InChI is InChI=1S/C17H19FN4O2S/c1-4-24-15(23)14-9-19-16(20-11(14)3)22-17(25)21-10(2)12-5-7-13(18)8-6-12/h5-10H,4H2,1-3H3,(H2,19,20,21,22,25). The summed E-state index contributed by atoms with van der Waals surface area (Å²) in [7, 11) is 0. The third kappa shape index (κ3) is 5.18. The highest BCUT2D eigenvalue weighted by Crippen LogP contribution is 2.13. The van der Waals surface area contributed by atoms with Crippen molar-refractivity contribution in [1.82, 2.24) is 15.3 Å². The van der Waals surface area contributed by atoms with Gasteiger partial charge in [0.2, 0.25) is 5.95 Å². The van der Waals surface area contributed by atoms with Crippen LogP contribution < -0.4 is 10.6 Å². The second-order valence-electron chi connectivity index (χ2n) is 5.28. The molecule has 1 aromatic carbocycles. The normalized spacial score (nSPS) is 11.5. The van der Waals surface area contributed by atoms with Gasteiger partial charge in [0, 0.05) is 6.20 Å². The lowest BCUT2D eigenvalue weighted by Gasteiger charge is -2.17. The summed E-state index contributed by atoms with van der Waals surface area (Å²) in [5.74, 6) is -0.478. The van der Waals surface area contributed by atoms with Crippen molar-refractivity contribution in [2.75, 3.05) is 11.9 Å². The number of aryl methyl sites for hydroxylation is 1. The quantitative estimate of drug-likeness (QED) is 0.625. The molecule has 1 unspecified atom stereocenters. The van der Waals surface area contributed by atoms with Crippen molar-refractivity contribution in [2.24, 2.45) is 0 Å². The first-order chi connectivity index (χ1) is 11.9. The van der Waals surface area contributed by atoms with Crippen molar-refractivity contribution in [3.8, 4) is 0 Å². The number of nitrogens with zero attached hydrogens (tertiary/aromatic N) is 2. The van der Waals surface area contributed by atoms with Crippen LogP contribution in [0.4, 0.5) is 10.3 Å². The van der Waals surface area contributed by atoms with Gasteiger partial charge in [0.15, 0.2) is 5.11 Å². The van der Waals surface area contributed by atoms with Gasteiger partial charge >= 0.3 is 5.97 Å². The van der Waals surface area contributed by atoms with E-state index in [0.29, 0.717) is 16.4 Å². The first-order valence-electron chi connectivity index (χ1n) is 7.74. The van der Waals surface area contributed by atoms with E-state index in [1.807, 2.05) is 6.92 Å². The highest BCUT2D eigenvalue weighted by atomic mass is 32.1. The summed E-state index contributed by atoms with van der Waals surface area (Å²) < 4.78 is 17.9. The minimum absolute atomic E-state index is 0.125. The first-order valence-corrected chi connectivity index (χ1v) is 8.15. The lowest BCUT2D eigenvalue weighted by molar-refractivity contribution is 0.0524. The summed E-state index contributed by atoms with van der Waals surface area (Å²) in [6.45, 7) is 5.61. The van der Waals surface area contributed by atoms with Crippen LogP contribution in [0.2, 0.25) is 0 Å². The van der Waals surface area contributed by atoms with Gasteiger partial charge in [0.05, 0.1) is 23.9 Å². The predicted octanol–water partition coefficient (Wildman–Crippen LogP) is 3.15. The van der Waals surface area contributed by atoms with Crippen LogP contribution in [-0.2, 0) is 4.74 Å². The molecule has 2 rings (SSSR count). The fraction of sp³-hybridized carbons (Fsp3) is 0.294. The van der Waals surface area contributed by atoms with E-state index in [1.165, 1.54) is 18.3 Å². The number of benzene rings is 1. The molecule has 1 atom stereocenters. The highest BCUT2D eigenvalue weighted by molar-refractivity contribution is 7.80. The molecule has 0 aliphatic rings. The van der Waals surface area contributed by atoms with Crippen LogP contribution in [-0.4, -0.2) is 27.7 Å². The number of hydrogen-bond acceptors (Lipinski definition) is 5. The van der Waals surface area contributed by atoms with Crippen LogP contribution >= 0.6 is 12.2 Å². The van der Waals surface area contributed by atoms with E-state index in [0.717, 1.165) is 5.56 Å². The summed E-state index contributed by atoms with van der Waals surface area (Å²) in [4.78, 5) is 20.0. The van der Waals surface area contributed by atoms with Gasteiger partial charge in [-0.3, -0.25) is 0 Å². The maximum Gasteiger partial charge on any atom is 0.341 e. The molecule has 0 bridgehead atoms. The molecule has 0 saturated carbocycles. The molecule has 2 N–H and O–H groups in total. The van der Waals surface area contributed by atoms with Crippen LogP contribution in [0.3, 0.4) is 0 Å². The Labute approximate surface area is 150 Å². The number of carbonyl (C=O) groups is 1. The molecule has 0 fully saturated rings. The van der Waals surface area contributed by atoms with E-state index in [2.05, 4.69) is 20.6 Å². The number of ether oxygens (including phenoxy) is 1. The molecule has 8 heteroatoms. The van der Waals surface area contributed by atoms with Gasteiger partial charge in [-0.15, -0.1) is 0 Å². The second kappa shape index (κ2) is 8.48. The molecule has 0 radical (unpaired) electrons. The van der Waals surface area contributed by atoms with Crippen LogP contribution in [0.15, 0.2) is 30.5 Å². The Hall–Kier alpha value is -2.61. The molecule has 2 aromatic rings. The van der Waals surface area contributed by atoms with Crippen molar-refractivity contribution >= 4 is 29.2 Å². The maximum absolute atomic E-state index is 13.0. The fourth-order valence-corrected chi connectivity index (χ4v) is 2.37. The Bertz CT molecular complexity index is 768. The molecule has 0 saturated heterocycles. The number of esters is 1. The molecule has 0 amide bonds. The molecule has 132 valence electrons. The minimum Gasteiger partial charge on any atom is -0.462 e. The maximum atomic E-state index is 13.0. The molecule has 6 nitrogen and oxygen atoms in total. The fourth-order valence-electron chi connectivity index (χ4n) is 2.11. The monoisotopic (exact) mass is 362 g/mol. The van der Waals surface area contributed by atoms with E-state index in [1.54, 1.807) is 26.0 Å². The average molecular weight is 362 g/mol. The molecule has 0 spiro atoms. The lowest BCUT2D eigenvalue weighted by Crippen LogP contribution is -2.31. The zero-order chi connectivity index (χ0) is 18.4. The van der Waals surface area contributed by atoms with Gasteiger partial charge in [-0.05, 0) is 50.7 Å². The largest absolute Gasteiger partial charge is 0.462 e. The van der Waals surface area contributed by atoms with Crippen molar-refractivity contribution in [2.45, 2.75) is 26.8 Å². The van der Waals surface area contributed by atoms with Crippen molar-refractivity contribution in [3.63, 3.8) is 0 Å². The topological polar surface area (TPSA) is 76.1 Å². The molecule has 25 heavy (non-hydrogen) atoms. The number of halogens is 1. The predicted molar refractivity (Wildman–Crippen MR) is 96.9 cm³/mol. The van der Waals surface area contributed by atoms with Crippen LogP contribution in [0.25, 0.3) is 0 Å². The van der Waals surface area contributed by atoms with Crippen molar-refractivity contribution in [1.29, 1.82) is 0 Å². The summed E-state index contributed by atoms with van der Waals surface area (Å²) in [5, 5.41) is 6.25. The Morgan fingerprint density at radius 3 is 2.64 bits per heavy atom. The van der Waals surface area contributed by atoms with Gasteiger partial charge in [-0.25, -0.2) is 19.2 Å². The summed E-state index contributed by atoms with van der Waals surface area (Å²) in [6.07, 6.45) is 1.40. The van der Waals surface area contributed by atoms with E-state index < -0.39 is 5.97 Å². The lowest BCUT2D eigenvalue weighted by atomic mass is 10.1. The molecule has 0 aliphatic heterocycles. The van der Waals surface area contributed by atoms with E-state index in [9.17, 15) is 9.18 Å². The van der Waals surface area contributed by atoms with E-state index >= 15 is 0 Å². The summed E-state index contributed by atoms with van der Waals surface area (Å²) in [6, 6.07) is 6.03.